The molecule has 0 aliphatic rings. The molecule has 5 rings (SSSR count). The van der Waals surface area contributed by atoms with E-state index in [0.29, 0.717) is 0 Å². The van der Waals surface area contributed by atoms with Gasteiger partial charge >= 0.3 is 0 Å². The number of nitrogens with one attached hydrogen (secondary N) is 1. The van der Waals surface area contributed by atoms with Crippen LogP contribution in [0.5, 0.6) is 0 Å². The number of rotatable bonds is 5. The van der Waals surface area contributed by atoms with Gasteiger partial charge in [-0.2, -0.15) is 0 Å². The van der Waals surface area contributed by atoms with E-state index < -0.39 is 0 Å². The lowest BCUT2D eigenvalue weighted by Crippen LogP contribution is -1.95. The smallest absolute Gasteiger partial charge is 0.0470 e. The maximum absolute atomic E-state index is 3.62. The highest BCUT2D eigenvalue weighted by Crippen LogP contribution is 2.39. The average Bonchev–Trinajstić information content (AvgIpc) is 2.86. The highest BCUT2D eigenvalue weighted by Gasteiger charge is 2.13. The quantitative estimate of drug-likeness (QED) is 0.314. The topological polar surface area (TPSA) is 12.0 Å². The van der Waals surface area contributed by atoms with Crippen molar-refractivity contribution in [2.45, 2.75) is 0 Å². The van der Waals surface area contributed by atoms with Gasteiger partial charge in [0.2, 0.25) is 0 Å². The van der Waals surface area contributed by atoms with Crippen molar-refractivity contribution in [2.24, 2.45) is 0 Å². The van der Waals surface area contributed by atoms with Crippen molar-refractivity contribution in [2.75, 3.05) is 5.32 Å². The standard InChI is InChI=1S/C30H23N/c1-4-11-23(12-5-1)24-19-21-25(22-20-24)28-17-10-18-29(31-27-15-8-3-9-16-27)30(28)26-13-6-2-7-14-26/h1-22,31H. The van der Waals surface area contributed by atoms with Gasteiger partial charge in [-0.25, -0.2) is 0 Å². The average molecular weight is 398 g/mol. The lowest BCUT2D eigenvalue weighted by atomic mass is 9.92. The summed E-state index contributed by atoms with van der Waals surface area (Å²) in [7, 11) is 0. The van der Waals surface area contributed by atoms with Crippen LogP contribution < -0.4 is 5.32 Å². The summed E-state index contributed by atoms with van der Waals surface area (Å²) in [5.74, 6) is 0. The predicted molar refractivity (Wildman–Crippen MR) is 132 cm³/mol. The molecular weight excluding hydrogens is 374 g/mol. The first-order valence-corrected chi connectivity index (χ1v) is 10.5. The SMILES string of the molecule is c1ccc(Nc2cccc(-c3ccc(-c4ccccc4)cc3)c2-c2ccccc2)cc1. The van der Waals surface area contributed by atoms with Crippen molar-refractivity contribution in [1.29, 1.82) is 0 Å². The number of hydrogen-bond acceptors (Lipinski definition) is 1. The molecule has 5 aromatic rings. The van der Waals surface area contributed by atoms with E-state index in [1.54, 1.807) is 0 Å². The Morgan fingerprint density at radius 1 is 0.355 bits per heavy atom. The van der Waals surface area contributed by atoms with E-state index >= 15 is 0 Å². The monoisotopic (exact) mass is 397 g/mol. The number of hydrogen-bond donors (Lipinski definition) is 1. The zero-order valence-corrected chi connectivity index (χ0v) is 17.2. The van der Waals surface area contributed by atoms with Crippen LogP contribution in [0.15, 0.2) is 133 Å². The summed E-state index contributed by atoms with van der Waals surface area (Å²) in [5.41, 5.74) is 9.46. The molecule has 0 aromatic heterocycles. The van der Waals surface area contributed by atoms with Crippen molar-refractivity contribution < 1.29 is 0 Å². The van der Waals surface area contributed by atoms with Crippen LogP contribution in [0.3, 0.4) is 0 Å². The molecule has 0 aliphatic carbocycles. The first-order valence-electron chi connectivity index (χ1n) is 10.5. The van der Waals surface area contributed by atoms with Crippen LogP contribution >= 0.6 is 0 Å². The van der Waals surface area contributed by atoms with Gasteiger partial charge in [0, 0.05) is 16.9 Å². The fourth-order valence-corrected chi connectivity index (χ4v) is 3.96. The van der Waals surface area contributed by atoms with Gasteiger partial charge in [0.25, 0.3) is 0 Å². The normalized spacial score (nSPS) is 10.6. The maximum atomic E-state index is 3.62. The second kappa shape index (κ2) is 8.73. The fourth-order valence-electron chi connectivity index (χ4n) is 3.96. The lowest BCUT2D eigenvalue weighted by Gasteiger charge is -2.17. The van der Waals surface area contributed by atoms with E-state index in [-0.39, 0.29) is 0 Å². The molecular formula is C30H23N. The van der Waals surface area contributed by atoms with Gasteiger partial charge in [-0.1, -0.05) is 115 Å². The Morgan fingerprint density at radius 3 is 1.52 bits per heavy atom. The molecule has 0 aliphatic heterocycles. The Labute approximate surface area is 183 Å². The van der Waals surface area contributed by atoms with Crippen LogP contribution in [0.2, 0.25) is 0 Å². The zero-order chi connectivity index (χ0) is 20.9. The molecule has 5 aromatic carbocycles. The molecule has 31 heavy (non-hydrogen) atoms. The Morgan fingerprint density at radius 2 is 0.871 bits per heavy atom. The molecule has 0 unspecified atom stereocenters. The van der Waals surface area contributed by atoms with E-state index in [1.807, 2.05) is 6.07 Å². The minimum absolute atomic E-state index is 1.08. The molecule has 148 valence electrons. The third kappa shape index (κ3) is 4.12. The third-order valence-electron chi connectivity index (χ3n) is 5.48. The lowest BCUT2D eigenvalue weighted by molar-refractivity contribution is 1.52. The van der Waals surface area contributed by atoms with E-state index in [1.165, 1.54) is 33.4 Å². The third-order valence-corrected chi connectivity index (χ3v) is 5.48. The number of benzene rings is 5. The Kier molecular flexibility index (Phi) is 5.32. The van der Waals surface area contributed by atoms with Gasteiger partial charge in [0.1, 0.15) is 0 Å². The molecule has 0 saturated heterocycles. The second-order valence-electron chi connectivity index (χ2n) is 7.53. The number of para-hydroxylation sites is 1. The summed E-state index contributed by atoms with van der Waals surface area (Å²) in [6.07, 6.45) is 0. The van der Waals surface area contributed by atoms with Gasteiger partial charge < -0.3 is 5.32 Å². The van der Waals surface area contributed by atoms with Gasteiger partial charge in [0.15, 0.2) is 0 Å². The van der Waals surface area contributed by atoms with Crippen LogP contribution in [0.1, 0.15) is 0 Å². The molecule has 1 N–H and O–H groups in total. The second-order valence-corrected chi connectivity index (χ2v) is 7.53. The first-order chi connectivity index (χ1) is 15.4. The highest BCUT2D eigenvalue weighted by atomic mass is 14.9. The molecule has 0 atom stereocenters. The molecule has 0 heterocycles. The van der Waals surface area contributed by atoms with E-state index in [0.717, 1.165) is 11.4 Å². The largest absolute Gasteiger partial charge is 0.355 e. The molecule has 1 nitrogen and oxygen atoms in total. The highest BCUT2D eigenvalue weighted by molar-refractivity contribution is 5.93. The summed E-state index contributed by atoms with van der Waals surface area (Å²) < 4.78 is 0. The van der Waals surface area contributed by atoms with Crippen LogP contribution in [0.4, 0.5) is 11.4 Å². The summed E-state index contributed by atoms with van der Waals surface area (Å²) >= 11 is 0. The van der Waals surface area contributed by atoms with Crippen molar-refractivity contribution in [3.63, 3.8) is 0 Å². The van der Waals surface area contributed by atoms with Crippen molar-refractivity contribution in [3.8, 4) is 33.4 Å². The van der Waals surface area contributed by atoms with Crippen molar-refractivity contribution in [3.05, 3.63) is 133 Å². The molecule has 0 spiro atoms. The van der Waals surface area contributed by atoms with Gasteiger partial charge in [-0.3, -0.25) is 0 Å². The molecule has 0 radical (unpaired) electrons. The van der Waals surface area contributed by atoms with Crippen LogP contribution in [0.25, 0.3) is 33.4 Å². The predicted octanol–water partition coefficient (Wildman–Crippen LogP) is 8.43. The molecule has 0 bridgehead atoms. The van der Waals surface area contributed by atoms with Crippen LogP contribution in [-0.4, -0.2) is 0 Å². The minimum atomic E-state index is 1.08. The fraction of sp³-hybridized carbons (Fsp3) is 0. The van der Waals surface area contributed by atoms with Gasteiger partial charge in [0.05, 0.1) is 0 Å². The minimum Gasteiger partial charge on any atom is -0.355 e. The molecule has 0 saturated carbocycles. The Hall–Kier alpha value is -4.10. The molecule has 0 amide bonds. The summed E-state index contributed by atoms with van der Waals surface area (Å²) in [4.78, 5) is 0. The van der Waals surface area contributed by atoms with Gasteiger partial charge in [-0.05, 0) is 46.0 Å². The summed E-state index contributed by atoms with van der Waals surface area (Å²) in [6.45, 7) is 0. The van der Waals surface area contributed by atoms with E-state index in [4.69, 9.17) is 0 Å². The summed E-state index contributed by atoms with van der Waals surface area (Å²) in [6, 6.07) is 46.8. The molecule has 0 fully saturated rings. The first kappa shape index (κ1) is 18.9. The zero-order valence-electron chi connectivity index (χ0n) is 17.2. The van der Waals surface area contributed by atoms with Crippen molar-refractivity contribution >= 4 is 11.4 Å². The maximum Gasteiger partial charge on any atom is 0.0470 e. The Bertz CT molecular complexity index is 1260. The van der Waals surface area contributed by atoms with Crippen molar-refractivity contribution in [1.82, 2.24) is 0 Å². The van der Waals surface area contributed by atoms with E-state index in [2.05, 4.69) is 133 Å². The van der Waals surface area contributed by atoms with E-state index in [9.17, 15) is 0 Å². The van der Waals surface area contributed by atoms with Crippen LogP contribution in [-0.2, 0) is 0 Å². The molecule has 1 heteroatoms. The summed E-state index contributed by atoms with van der Waals surface area (Å²) in [5, 5.41) is 3.62. The van der Waals surface area contributed by atoms with Crippen LogP contribution in [0, 0.1) is 0 Å². The Balaban J connectivity index is 1.61. The number of anilines is 2. The van der Waals surface area contributed by atoms with Gasteiger partial charge in [-0.15, -0.1) is 0 Å².